The lowest BCUT2D eigenvalue weighted by Crippen LogP contribution is -2.29. The summed E-state index contributed by atoms with van der Waals surface area (Å²) in [7, 11) is 0. The minimum atomic E-state index is -0.230. The Morgan fingerprint density at radius 2 is 2.39 bits per heavy atom. The van der Waals surface area contributed by atoms with Gasteiger partial charge in [-0.2, -0.15) is 5.10 Å². The number of likely N-dealkylation sites (tertiary alicyclic amines) is 1. The molecule has 2 heterocycles. The molecule has 2 aliphatic rings. The molecule has 1 saturated heterocycles. The van der Waals surface area contributed by atoms with Crippen molar-refractivity contribution in [3.8, 4) is 0 Å². The van der Waals surface area contributed by atoms with E-state index in [4.69, 9.17) is 0 Å². The van der Waals surface area contributed by atoms with E-state index in [2.05, 4.69) is 15.5 Å². The average molecular weight is 248 g/mol. The number of nitrogens with zero attached hydrogens (tertiary/aromatic N) is 2. The lowest BCUT2D eigenvalue weighted by molar-refractivity contribution is -0.128. The number of hydrogen-bond acceptors (Lipinski definition) is 3. The Hall–Kier alpha value is -1.85. The lowest BCUT2D eigenvalue weighted by atomic mass is 10.1. The van der Waals surface area contributed by atoms with Gasteiger partial charge in [0.2, 0.25) is 11.8 Å². The molecule has 0 spiro atoms. The largest absolute Gasteiger partial charge is 0.342 e. The zero-order valence-corrected chi connectivity index (χ0v) is 10.1. The zero-order chi connectivity index (χ0) is 12.5. The summed E-state index contributed by atoms with van der Waals surface area (Å²) in [6.07, 6.45) is 5.94. The van der Waals surface area contributed by atoms with Crippen LogP contribution in [-0.2, 0) is 9.59 Å². The second-order valence-corrected chi connectivity index (χ2v) is 5.12. The maximum atomic E-state index is 12.0. The SMILES string of the molecule is O=C(Nc1cn[nH]c1)C1CC(=O)N(CC2CC2)C1. The van der Waals surface area contributed by atoms with Gasteiger partial charge in [0.1, 0.15) is 0 Å². The van der Waals surface area contributed by atoms with E-state index in [1.807, 2.05) is 4.90 Å². The monoisotopic (exact) mass is 248 g/mol. The van der Waals surface area contributed by atoms with E-state index in [-0.39, 0.29) is 17.7 Å². The van der Waals surface area contributed by atoms with Crippen molar-refractivity contribution in [2.24, 2.45) is 11.8 Å². The summed E-state index contributed by atoms with van der Waals surface area (Å²) in [4.78, 5) is 25.6. The molecule has 3 rings (SSSR count). The number of rotatable bonds is 4. The van der Waals surface area contributed by atoms with Crippen LogP contribution in [0.5, 0.6) is 0 Å². The Morgan fingerprint density at radius 1 is 1.56 bits per heavy atom. The summed E-state index contributed by atoms with van der Waals surface area (Å²) in [5, 5.41) is 9.16. The molecule has 0 bridgehead atoms. The van der Waals surface area contributed by atoms with E-state index in [1.54, 1.807) is 12.4 Å². The van der Waals surface area contributed by atoms with Crippen LogP contribution in [0.2, 0.25) is 0 Å². The highest BCUT2D eigenvalue weighted by Gasteiger charge is 2.37. The predicted octanol–water partition coefficient (Wildman–Crippen LogP) is 0.607. The van der Waals surface area contributed by atoms with Crippen molar-refractivity contribution in [2.75, 3.05) is 18.4 Å². The van der Waals surface area contributed by atoms with Crippen molar-refractivity contribution in [1.82, 2.24) is 15.1 Å². The first-order chi connectivity index (χ1) is 8.72. The van der Waals surface area contributed by atoms with Crippen LogP contribution in [0.15, 0.2) is 12.4 Å². The highest BCUT2D eigenvalue weighted by molar-refractivity contribution is 5.97. The van der Waals surface area contributed by atoms with Crippen molar-refractivity contribution in [1.29, 1.82) is 0 Å². The van der Waals surface area contributed by atoms with E-state index in [0.717, 1.165) is 6.54 Å². The summed E-state index contributed by atoms with van der Waals surface area (Å²) in [6.45, 7) is 1.38. The molecule has 1 saturated carbocycles. The van der Waals surface area contributed by atoms with Gasteiger partial charge >= 0.3 is 0 Å². The van der Waals surface area contributed by atoms with Gasteiger partial charge in [-0.3, -0.25) is 14.7 Å². The number of carbonyl (C=O) groups excluding carboxylic acids is 2. The fraction of sp³-hybridized carbons (Fsp3) is 0.583. The molecule has 96 valence electrons. The number of amides is 2. The maximum absolute atomic E-state index is 12.0. The molecular weight excluding hydrogens is 232 g/mol. The van der Waals surface area contributed by atoms with Crippen molar-refractivity contribution in [3.05, 3.63) is 12.4 Å². The molecule has 1 atom stereocenters. The van der Waals surface area contributed by atoms with E-state index in [1.165, 1.54) is 12.8 Å². The van der Waals surface area contributed by atoms with Crippen molar-refractivity contribution in [3.63, 3.8) is 0 Å². The molecule has 1 unspecified atom stereocenters. The van der Waals surface area contributed by atoms with Crippen LogP contribution < -0.4 is 5.32 Å². The number of nitrogens with one attached hydrogen (secondary N) is 2. The summed E-state index contributed by atoms with van der Waals surface area (Å²) >= 11 is 0. The van der Waals surface area contributed by atoms with Gasteiger partial charge in [-0.05, 0) is 18.8 Å². The van der Waals surface area contributed by atoms with Gasteiger partial charge in [0, 0.05) is 25.7 Å². The topological polar surface area (TPSA) is 78.1 Å². The van der Waals surface area contributed by atoms with Gasteiger partial charge in [0.15, 0.2) is 0 Å². The maximum Gasteiger partial charge on any atom is 0.229 e. The predicted molar refractivity (Wildman–Crippen MR) is 64.6 cm³/mol. The third kappa shape index (κ3) is 2.37. The Kier molecular flexibility index (Phi) is 2.77. The molecule has 0 aromatic carbocycles. The summed E-state index contributed by atoms with van der Waals surface area (Å²) < 4.78 is 0. The number of anilines is 1. The lowest BCUT2D eigenvalue weighted by Gasteiger charge is -2.15. The van der Waals surface area contributed by atoms with Crippen molar-refractivity contribution in [2.45, 2.75) is 19.3 Å². The molecule has 2 amide bonds. The Morgan fingerprint density at radius 3 is 3.06 bits per heavy atom. The standard InChI is InChI=1S/C12H16N4O2/c17-11-3-9(7-16(11)6-8-1-2-8)12(18)15-10-4-13-14-5-10/h4-5,8-9H,1-3,6-7H2,(H,13,14)(H,15,18). The van der Waals surface area contributed by atoms with Crippen LogP contribution in [0.25, 0.3) is 0 Å². The van der Waals surface area contributed by atoms with Crippen LogP contribution in [0, 0.1) is 11.8 Å². The van der Waals surface area contributed by atoms with E-state index >= 15 is 0 Å². The highest BCUT2D eigenvalue weighted by Crippen LogP contribution is 2.32. The Bertz CT molecular complexity index is 453. The fourth-order valence-electron chi connectivity index (χ4n) is 2.30. The number of aromatic nitrogens is 2. The molecular formula is C12H16N4O2. The number of H-pyrrole nitrogens is 1. The summed E-state index contributed by atoms with van der Waals surface area (Å²) in [6, 6.07) is 0. The van der Waals surface area contributed by atoms with Gasteiger partial charge < -0.3 is 10.2 Å². The van der Waals surface area contributed by atoms with E-state index < -0.39 is 0 Å². The van der Waals surface area contributed by atoms with Crippen LogP contribution >= 0.6 is 0 Å². The number of hydrogen-bond donors (Lipinski definition) is 2. The first-order valence-electron chi connectivity index (χ1n) is 6.30. The first-order valence-corrected chi connectivity index (χ1v) is 6.30. The zero-order valence-electron chi connectivity index (χ0n) is 10.1. The molecule has 6 nitrogen and oxygen atoms in total. The van der Waals surface area contributed by atoms with Gasteiger partial charge in [-0.15, -0.1) is 0 Å². The molecule has 6 heteroatoms. The smallest absolute Gasteiger partial charge is 0.229 e. The van der Waals surface area contributed by atoms with E-state index in [0.29, 0.717) is 24.6 Å². The molecule has 2 N–H and O–H groups in total. The quantitative estimate of drug-likeness (QED) is 0.819. The molecule has 2 fully saturated rings. The Balaban J connectivity index is 1.56. The van der Waals surface area contributed by atoms with Crippen molar-refractivity contribution < 1.29 is 9.59 Å². The van der Waals surface area contributed by atoms with Gasteiger partial charge in [-0.1, -0.05) is 0 Å². The molecule has 18 heavy (non-hydrogen) atoms. The van der Waals surface area contributed by atoms with Gasteiger partial charge in [0.05, 0.1) is 17.8 Å². The number of carbonyl (C=O) groups is 2. The van der Waals surface area contributed by atoms with Crippen LogP contribution in [0.3, 0.4) is 0 Å². The third-order valence-electron chi connectivity index (χ3n) is 3.53. The second-order valence-electron chi connectivity index (χ2n) is 5.12. The van der Waals surface area contributed by atoms with E-state index in [9.17, 15) is 9.59 Å². The molecule has 0 radical (unpaired) electrons. The van der Waals surface area contributed by atoms with Crippen LogP contribution in [0.1, 0.15) is 19.3 Å². The van der Waals surface area contributed by atoms with Gasteiger partial charge in [0.25, 0.3) is 0 Å². The van der Waals surface area contributed by atoms with Crippen molar-refractivity contribution >= 4 is 17.5 Å². The average Bonchev–Trinajstić information content (AvgIpc) is 2.86. The summed E-state index contributed by atoms with van der Waals surface area (Å²) in [5.41, 5.74) is 0.646. The normalized spacial score (nSPS) is 23.4. The molecule has 1 aromatic heterocycles. The highest BCUT2D eigenvalue weighted by atomic mass is 16.2. The number of aromatic amines is 1. The second kappa shape index (κ2) is 4.44. The van der Waals surface area contributed by atoms with Crippen LogP contribution in [-0.4, -0.2) is 40.0 Å². The Labute approximate surface area is 105 Å². The molecule has 1 aliphatic carbocycles. The summed E-state index contributed by atoms with van der Waals surface area (Å²) in [5.74, 6) is 0.452. The minimum absolute atomic E-state index is 0.0944. The fourth-order valence-corrected chi connectivity index (χ4v) is 2.30. The third-order valence-corrected chi connectivity index (χ3v) is 3.53. The van der Waals surface area contributed by atoms with Crippen LogP contribution in [0.4, 0.5) is 5.69 Å². The minimum Gasteiger partial charge on any atom is -0.342 e. The molecule has 1 aromatic rings. The molecule has 1 aliphatic heterocycles. The van der Waals surface area contributed by atoms with Gasteiger partial charge in [-0.25, -0.2) is 0 Å². The first kappa shape index (κ1) is 11.3.